The first kappa shape index (κ1) is 21.3. The van der Waals surface area contributed by atoms with Crippen LogP contribution >= 0.6 is 11.6 Å². The Morgan fingerprint density at radius 2 is 1.87 bits per heavy atom. The van der Waals surface area contributed by atoms with E-state index in [-0.39, 0.29) is 11.7 Å². The topological polar surface area (TPSA) is 81.4 Å². The molecule has 3 aromatic rings. The van der Waals surface area contributed by atoms with Gasteiger partial charge in [-0.2, -0.15) is 0 Å². The molecule has 164 valence electrons. The number of methoxy groups -OCH3 is 2. The van der Waals surface area contributed by atoms with E-state index < -0.39 is 12.2 Å². The number of halogens is 1. The molecule has 1 aromatic heterocycles. The fourth-order valence-electron chi connectivity index (χ4n) is 3.75. The van der Waals surface area contributed by atoms with Gasteiger partial charge in [-0.1, -0.05) is 17.7 Å². The predicted octanol–water partition coefficient (Wildman–Crippen LogP) is 4.15. The van der Waals surface area contributed by atoms with Gasteiger partial charge in [-0.3, -0.25) is 4.79 Å². The highest BCUT2D eigenvalue weighted by Gasteiger charge is 2.30. The number of carbonyl (C=O) groups excluding carboxylic acids is 1. The third-order valence-electron chi connectivity index (χ3n) is 5.40. The highest BCUT2D eigenvalue weighted by atomic mass is 35.5. The Kier molecular flexibility index (Phi) is 6.25. The van der Waals surface area contributed by atoms with Crippen LogP contribution in [0.4, 0.5) is 0 Å². The fourth-order valence-corrected chi connectivity index (χ4v) is 3.97. The Balaban J connectivity index is 1.48. The first-order valence-electron chi connectivity index (χ1n) is 10.0. The Morgan fingerprint density at radius 3 is 2.65 bits per heavy atom. The van der Waals surface area contributed by atoms with Gasteiger partial charge in [0.1, 0.15) is 17.6 Å². The van der Waals surface area contributed by atoms with Crippen LogP contribution in [0, 0.1) is 0 Å². The summed E-state index contributed by atoms with van der Waals surface area (Å²) in [5.41, 5.74) is 0.476. The zero-order valence-electron chi connectivity index (χ0n) is 17.3. The quantitative estimate of drug-likeness (QED) is 0.635. The number of ether oxygens (including phenoxy) is 3. The molecule has 1 saturated heterocycles. The van der Waals surface area contributed by atoms with Crippen LogP contribution in [0.5, 0.6) is 17.2 Å². The highest BCUT2D eigenvalue weighted by molar-refractivity contribution is 6.31. The van der Waals surface area contributed by atoms with Gasteiger partial charge in [0.15, 0.2) is 17.1 Å². The van der Waals surface area contributed by atoms with E-state index in [0.717, 1.165) is 0 Å². The maximum atomic E-state index is 13.1. The average molecular weight is 446 g/mol. The average Bonchev–Trinajstić information content (AvgIpc) is 3.12. The van der Waals surface area contributed by atoms with Crippen molar-refractivity contribution in [1.29, 1.82) is 0 Å². The summed E-state index contributed by atoms with van der Waals surface area (Å²) in [6, 6.07) is 12.3. The maximum Gasteiger partial charge on any atom is 0.289 e. The molecule has 1 aliphatic rings. The number of carbonyl (C=O) groups is 1. The number of nitrogens with zero attached hydrogens (tertiary/aromatic N) is 1. The Bertz CT molecular complexity index is 1080. The van der Waals surface area contributed by atoms with Gasteiger partial charge in [0.05, 0.1) is 20.3 Å². The standard InChI is InChI=1S/C23H24ClNO6/c1-28-16-4-3-5-17(13-16)30-19-7-9-25(8-6-18(19)26)23(27)21-11-14-10-15(24)12-20(29-2)22(14)31-21/h3-5,10-13,18-19,26H,6-9H2,1-2H3/t18-,19-/m0/s1. The monoisotopic (exact) mass is 445 g/mol. The number of aliphatic hydroxyl groups is 1. The van der Waals surface area contributed by atoms with Gasteiger partial charge in [-0.25, -0.2) is 0 Å². The summed E-state index contributed by atoms with van der Waals surface area (Å²) in [5.74, 6) is 1.72. The molecule has 1 fully saturated rings. The van der Waals surface area contributed by atoms with Gasteiger partial charge in [-0.05, 0) is 30.7 Å². The molecule has 2 aromatic carbocycles. The van der Waals surface area contributed by atoms with Crippen molar-refractivity contribution >= 4 is 28.5 Å². The molecule has 0 bridgehead atoms. The Labute approximate surface area is 185 Å². The van der Waals surface area contributed by atoms with Gasteiger partial charge in [0, 0.05) is 42.1 Å². The van der Waals surface area contributed by atoms with Crippen molar-refractivity contribution in [2.75, 3.05) is 27.3 Å². The third kappa shape index (κ3) is 4.57. The smallest absolute Gasteiger partial charge is 0.289 e. The van der Waals surface area contributed by atoms with Crippen LogP contribution in [-0.4, -0.2) is 55.4 Å². The summed E-state index contributed by atoms with van der Waals surface area (Å²) in [6.07, 6.45) is -0.243. The first-order valence-corrected chi connectivity index (χ1v) is 10.4. The molecule has 0 spiro atoms. The van der Waals surface area contributed by atoms with Crippen molar-refractivity contribution in [1.82, 2.24) is 4.90 Å². The van der Waals surface area contributed by atoms with Gasteiger partial charge < -0.3 is 28.6 Å². The first-order chi connectivity index (χ1) is 15.0. The summed E-state index contributed by atoms with van der Waals surface area (Å²) < 4.78 is 22.3. The van der Waals surface area contributed by atoms with Crippen molar-refractivity contribution in [3.63, 3.8) is 0 Å². The number of likely N-dealkylation sites (tertiary alicyclic amines) is 1. The highest BCUT2D eigenvalue weighted by Crippen LogP contribution is 2.33. The van der Waals surface area contributed by atoms with Crippen molar-refractivity contribution in [3.8, 4) is 17.2 Å². The number of hydrogen-bond acceptors (Lipinski definition) is 6. The van der Waals surface area contributed by atoms with E-state index >= 15 is 0 Å². The van der Waals surface area contributed by atoms with Gasteiger partial charge in [0.2, 0.25) is 0 Å². The summed E-state index contributed by atoms with van der Waals surface area (Å²) in [7, 11) is 3.11. The number of amides is 1. The van der Waals surface area contributed by atoms with Gasteiger partial charge in [-0.15, -0.1) is 0 Å². The Hall–Kier alpha value is -2.90. The van der Waals surface area contributed by atoms with Gasteiger partial charge in [0.25, 0.3) is 5.91 Å². The summed E-state index contributed by atoms with van der Waals surface area (Å²) in [5, 5.41) is 11.8. The molecule has 8 heteroatoms. The normalized spacial score (nSPS) is 19.2. The number of fused-ring (bicyclic) bond motifs is 1. The van der Waals surface area contributed by atoms with E-state index in [0.29, 0.717) is 59.2 Å². The molecule has 2 heterocycles. The molecule has 31 heavy (non-hydrogen) atoms. The van der Waals surface area contributed by atoms with E-state index in [1.807, 2.05) is 18.2 Å². The van der Waals surface area contributed by atoms with Crippen LogP contribution < -0.4 is 14.2 Å². The summed E-state index contributed by atoms with van der Waals surface area (Å²) in [6.45, 7) is 0.826. The number of hydrogen-bond donors (Lipinski definition) is 1. The lowest BCUT2D eigenvalue weighted by Crippen LogP contribution is -2.32. The molecule has 0 radical (unpaired) electrons. The van der Waals surface area contributed by atoms with Crippen molar-refractivity contribution < 1.29 is 28.5 Å². The second-order valence-electron chi connectivity index (χ2n) is 7.41. The predicted molar refractivity (Wildman–Crippen MR) is 116 cm³/mol. The van der Waals surface area contributed by atoms with Crippen LogP contribution in [-0.2, 0) is 0 Å². The second kappa shape index (κ2) is 9.08. The molecule has 1 aliphatic heterocycles. The minimum atomic E-state index is -0.696. The van der Waals surface area contributed by atoms with Gasteiger partial charge >= 0.3 is 0 Å². The number of furan rings is 1. The minimum Gasteiger partial charge on any atom is -0.497 e. The van der Waals surface area contributed by atoms with E-state index in [1.165, 1.54) is 7.11 Å². The van der Waals surface area contributed by atoms with Crippen LogP contribution in [0.25, 0.3) is 11.0 Å². The van der Waals surface area contributed by atoms with E-state index in [1.54, 1.807) is 36.3 Å². The third-order valence-corrected chi connectivity index (χ3v) is 5.62. The fraction of sp³-hybridized carbons (Fsp3) is 0.348. The minimum absolute atomic E-state index is 0.206. The molecule has 0 aliphatic carbocycles. The van der Waals surface area contributed by atoms with Crippen LogP contribution in [0.2, 0.25) is 5.02 Å². The number of aliphatic hydroxyl groups excluding tert-OH is 1. The summed E-state index contributed by atoms with van der Waals surface area (Å²) in [4.78, 5) is 14.8. The largest absolute Gasteiger partial charge is 0.497 e. The number of rotatable bonds is 5. The molecule has 0 saturated carbocycles. The molecule has 7 nitrogen and oxygen atoms in total. The lowest BCUT2D eigenvalue weighted by Gasteiger charge is -2.22. The molecular formula is C23H24ClNO6. The zero-order chi connectivity index (χ0) is 22.0. The van der Waals surface area contributed by atoms with Crippen LogP contribution in [0.3, 0.4) is 0 Å². The van der Waals surface area contributed by atoms with Crippen LogP contribution in [0.1, 0.15) is 23.4 Å². The van der Waals surface area contributed by atoms with E-state index in [2.05, 4.69) is 0 Å². The SMILES string of the molecule is COc1cccc(O[C@H]2CCN(C(=O)c3cc4cc(Cl)cc(OC)c4o3)CC[C@@H]2O)c1. The molecule has 0 unspecified atom stereocenters. The molecular weight excluding hydrogens is 422 g/mol. The lowest BCUT2D eigenvalue weighted by atomic mass is 10.1. The molecule has 2 atom stereocenters. The zero-order valence-corrected chi connectivity index (χ0v) is 18.1. The van der Waals surface area contributed by atoms with Crippen molar-refractivity contribution in [3.05, 3.63) is 53.2 Å². The lowest BCUT2D eigenvalue weighted by molar-refractivity contribution is 0.0349. The van der Waals surface area contributed by atoms with Crippen molar-refractivity contribution in [2.24, 2.45) is 0 Å². The van der Waals surface area contributed by atoms with E-state index in [4.69, 9.17) is 30.2 Å². The van der Waals surface area contributed by atoms with E-state index in [9.17, 15) is 9.90 Å². The Morgan fingerprint density at radius 1 is 1.10 bits per heavy atom. The molecule has 1 amide bonds. The second-order valence-corrected chi connectivity index (χ2v) is 7.85. The van der Waals surface area contributed by atoms with Crippen LogP contribution in [0.15, 0.2) is 46.9 Å². The summed E-state index contributed by atoms with van der Waals surface area (Å²) >= 11 is 6.11. The number of benzene rings is 2. The molecule has 4 rings (SSSR count). The molecule has 1 N–H and O–H groups in total. The maximum absolute atomic E-state index is 13.1. The van der Waals surface area contributed by atoms with Crippen molar-refractivity contribution in [2.45, 2.75) is 25.0 Å².